The van der Waals surface area contributed by atoms with Crippen LogP contribution in [0.25, 0.3) is 0 Å². The summed E-state index contributed by atoms with van der Waals surface area (Å²) in [6, 6.07) is 3.29. The largest absolute Gasteiger partial charge is 0.496 e. The van der Waals surface area contributed by atoms with Gasteiger partial charge in [0.25, 0.3) is 5.91 Å². The molecule has 2 aromatic rings. The van der Waals surface area contributed by atoms with Crippen molar-refractivity contribution in [2.45, 2.75) is 6.92 Å². The number of thiophene rings is 2. The van der Waals surface area contributed by atoms with Crippen LogP contribution in [0.2, 0.25) is 0 Å². The zero-order valence-corrected chi connectivity index (χ0v) is 11.9. The van der Waals surface area contributed by atoms with Gasteiger partial charge in [-0.05, 0) is 18.6 Å². The van der Waals surface area contributed by atoms with Gasteiger partial charge in [-0.2, -0.15) is 0 Å². The number of rotatable bonds is 4. The van der Waals surface area contributed by atoms with E-state index in [0.717, 1.165) is 11.3 Å². The average Bonchev–Trinajstić information content (AvgIpc) is 2.95. The van der Waals surface area contributed by atoms with Crippen molar-refractivity contribution >= 4 is 39.6 Å². The highest BCUT2D eigenvalue weighted by Crippen LogP contribution is 2.28. The lowest BCUT2D eigenvalue weighted by molar-refractivity contribution is 0.0701. The fourth-order valence-electron chi connectivity index (χ4n) is 1.47. The monoisotopic (exact) mass is 297 g/mol. The molecule has 2 N–H and O–H groups in total. The summed E-state index contributed by atoms with van der Waals surface area (Å²) in [5.41, 5.74) is 0.636. The predicted molar refractivity (Wildman–Crippen MR) is 74.8 cm³/mol. The second kappa shape index (κ2) is 5.41. The topological polar surface area (TPSA) is 75.6 Å². The Morgan fingerprint density at radius 1 is 1.37 bits per heavy atom. The summed E-state index contributed by atoms with van der Waals surface area (Å²) < 4.78 is 5.01. The van der Waals surface area contributed by atoms with Gasteiger partial charge < -0.3 is 15.2 Å². The number of carboxylic acid groups (broad SMARTS) is 1. The first kappa shape index (κ1) is 13.6. The van der Waals surface area contributed by atoms with E-state index in [1.807, 2.05) is 0 Å². The highest BCUT2D eigenvalue weighted by Gasteiger charge is 2.15. The molecule has 0 aromatic carbocycles. The molecule has 2 aromatic heterocycles. The van der Waals surface area contributed by atoms with E-state index >= 15 is 0 Å². The molecule has 100 valence electrons. The lowest BCUT2D eigenvalue weighted by atomic mass is 10.3. The fourth-order valence-corrected chi connectivity index (χ4v) is 3.13. The fraction of sp³-hybridized carbons (Fsp3) is 0.167. The average molecular weight is 297 g/mol. The highest BCUT2D eigenvalue weighted by molar-refractivity contribution is 7.18. The minimum atomic E-state index is -0.985. The van der Waals surface area contributed by atoms with Gasteiger partial charge in [0.05, 0.1) is 17.0 Å². The molecule has 0 aliphatic heterocycles. The van der Waals surface area contributed by atoms with Crippen molar-refractivity contribution in [2.24, 2.45) is 0 Å². The lowest BCUT2D eigenvalue weighted by Gasteiger charge is -1.98. The van der Waals surface area contributed by atoms with E-state index in [2.05, 4.69) is 5.32 Å². The van der Waals surface area contributed by atoms with Gasteiger partial charge in [-0.3, -0.25) is 4.79 Å². The Labute approximate surface area is 117 Å². The van der Waals surface area contributed by atoms with Crippen molar-refractivity contribution < 1.29 is 19.4 Å². The van der Waals surface area contributed by atoms with Crippen LogP contribution in [0.1, 0.15) is 24.9 Å². The summed E-state index contributed by atoms with van der Waals surface area (Å²) >= 11 is 2.32. The van der Waals surface area contributed by atoms with E-state index in [0.29, 0.717) is 21.2 Å². The van der Waals surface area contributed by atoms with Crippen molar-refractivity contribution in [1.29, 1.82) is 0 Å². The summed E-state index contributed by atoms with van der Waals surface area (Å²) in [6.07, 6.45) is 0. The molecule has 19 heavy (non-hydrogen) atoms. The van der Waals surface area contributed by atoms with Crippen molar-refractivity contribution in [3.05, 3.63) is 32.8 Å². The molecule has 2 rings (SSSR count). The number of anilines is 1. The maximum atomic E-state index is 11.9. The number of methoxy groups -OCH3 is 1. The Morgan fingerprint density at radius 3 is 2.63 bits per heavy atom. The number of carboxylic acids is 1. The van der Waals surface area contributed by atoms with Gasteiger partial charge in [-0.15, -0.1) is 22.7 Å². The molecule has 0 saturated carbocycles. The maximum Gasteiger partial charge on any atom is 0.346 e. The summed E-state index contributed by atoms with van der Waals surface area (Å²) in [4.78, 5) is 23.6. The minimum Gasteiger partial charge on any atom is -0.496 e. The van der Waals surface area contributed by atoms with Crippen LogP contribution < -0.4 is 10.1 Å². The third-order valence-electron chi connectivity index (χ3n) is 2.38. The Morgan fingerprint density at radius 2 is 2.11 bits per heavy atom. The second-order valence-electron chi connectivity index (χ2n) is 3.73. The van der Waals surface area contributed by atoms with E-state index in [1.165, 1.54) is 18.4 Å². The molecule has 5 nitrogen and oxygen atoms in total. The number of aromatic carboxylic acids is 1. The minimum absolute atomic E-state index is 0.235. The van der Waals surface area contributed by atoms with Crippen LogP contribution in [0.15, 0.2) is 17.5 Å². The Bertz CT molecular complexity index is 629. The van der Waals surface area contributed by atoms with Gasteiger partial charge in [-0.25, -0.2) is 4.79 Å². The Hall–Kier alpha value is -1.86. The molecular formula is C12H11NO4S2. The molecule has 0 bridgehead atoms. The maximum absolute atomic E-state index is 11.9. The zero-order chi connectivity index (χ0) is 14.0. The summed E-state index contributed by atoms with van der Waals surface area (Å²) in [5.74, 6) is -0.629. The molecule has 0 fully saturated rings. The molecule has 0 aliphatic carbocycles. The van der Waals surface area contributed by atoms with Gasteiger partial charge in [0.2, 0.25) is 0 Å². The Balaban J connectivity index is 2.14. The van der Waals surface area contributed by atoms with E-state index in [4.69, 9.17) is 9.84 Å². The molecule has 0 spiro atoms. The van der Waals surface area contributed by atoms with Gasteiger partial charge >= 0.3 is 5.97 Å². The molecule has 7 heteroatoms. The number of nitrogens with one attached hydrogen (secondary N) is 1. The molecule has 0 unspecified atom stereocenters. The third kappa shape index (κ3) is 2.94. The van der Waals surface area contributed by atoms with Crippen LogP contribution in [0, 0.1) is 6.92 Å². The van der Waals surface area contributed by atoms with E-state index in [-0.39, 0.29) is 10.8 Å². The number of aryl methyl sites for hydroxylation is 1. The van der Waals surface area contributed by atoms with Crippen LogP contribution in [0.4, 0.5) is 5.00 Å². The standard InChI is InChI=1S/C12H11NO4S2/c1-6-3-9(19-10(6)12(15)16)13-11(14)8-4-7(17-2)5-18-8/h3-5H,1-2H3,(H,13,14)(H,15,16). The highest BCUT2D eigenvalue weighted by atomic mass is 32.1. The summed E-state index contributed by atoms with van der Waals surface area (Å²) in [5, 5.41) is 13.9. The van der Waals surface area contributed by atoms with Crippen molar-refractivity contribution in [1.82, 2.24) is 0 Å². The van der Waals surface area contributed by atoms with E-state index in [9.17, 15) is 9.59 Å². The van der Waals surface area contributed by atoms with Crippen molar-refractivity contribution in [2.75, 3.05) is 12.4 Å². The smallest absolute Gasteiger partial charge is 0.346 e. The molecular weight excluding hydrogens is 286 g/mol. The van der Waals surface area contributed by atoms with Gasteiger partial charge in [0, 0.05) is 11.4 Å². The third-order valence-corrected chi connectivity index (χ3v) is 4.43. The quantitative estimate of drug-likeness (QED) is 0.909. The van der Waals surface area contributed by atoms with E-state index in [1.54, 1.807) is 24.4 Å². The first-order valence-corrected chi connectivity index (χ1v) is 6.98. The molecule has 0 radical (unpaired) electrons. The lowest BCUT2D eigenvalue weighted by Crippen LogP contribution is -2.08. The van der Waals surface area contributed by atoms with Crippen molar-refractivity contribution in [3.8, 4) is 5.75 Å². The molecule has 1 amide bonds. The van der Waals surface area contributed by atoms with Crippen LogP contribution >= 0.6 is 22.7 Å². The summed E-state index contributed by atoms with van der Waals surface area (Å²) in [6.45, 7) is 1.70. The van der Waals surface area contributed by atoms with E-state index < -0.39 is 5.97 Å². The number of carbonyl (C=O) groups excluding carboxylic acids is 1. The van der Waals surface area contributed by atoms with Gasteiger partial charge in [-0.1, -0.05) is 0 Å². The van der Waals surface area contributed by atoms with Crippen LogP contribution in [-0.4, -0.2) is 24.1 Å². The number of hydrogen-bond donors (Lipinski definition) is 2. The van der Waals surface area contributed by atoms with Crippen molar-refractivity contribution in [3.63, 3.8) is 0 Å². The number of hydrogen-bond acceptors (Lipinski definition) is 5. The first-order valence-electron chi connectivity index (χ1n) is 5.29. The van der Waals surface area contributed by atoms with Crippen LogP contribution in [-0.2, 0) is 0 Å². The summed E-state index contributed by atoms with van der Waals surface area (Å²) in [7, 11) is 1.53. The molecule has 0 saturated heterocycles. The van der Waals surface area contributed by atoms with Crippen LogP contribution in [0.5, 0.6) is 5.75 Å². The second-order valence-corrected chi connectivity index (χ2v) is 5.70. The number of ether oxygens (including phenoxy) is 1. The first-order chi connectivity index (χ1) is 9.01. The SMILES string of the molecule is COc1csc(C(=O)Nc2cc(C)c(C(=O)O)s2)c1. The molecule has 0 aliphatic rings. The molecule has 2 heterocycles. The number of carbonyl (C=O) groups is 2. The number of amides is 1. The van der Waals surface area contributed by atoms with Gasteiger partial charge in [0.1, 0.15) is 10.6 Å². The Kier molecular flexibility index (Phi) is 3.87. The normalized spacial score (nSPS) is 10.2. The van der Waals surface area contributed by atoms with Crippen LogP contribution in [0.3, 0.4) is 0 Å². The molecule has 0 atom stereocenters. The predicted octanol–water partition coefficient (Wildman–Crippen LogP) is 3.08. The van der Waals surface area contributed by atoms with Gasteiger partial charge in [0.15, 0.2) is 0 Å². The zero-order valence-electron chi connectivity index (χ0n) is 10.2.